The lowest BCUT2D eigenvalue weighted by Gasteiger charge is -2.39. The van der Waals surface area contributed by atoms with Crippen LogP contribution in [0.15, 0.2) is 24.3 Å². The fourth-order valence-electron chi connectivity index (χ4n) is 4.49. The molecular formula is C20H35Cl2N3. The van der Waals surface area contributed by atoms with E-state index in [4.69, 9.17) is 0 Å². The van der Waals surface area contributed by atoms with Crippen LogP contribution in [0.2, 0.25) is 0 Å². The van der Waals surface area contributed by atoms with Crippen LogP contribution in [0.25, 0.3) is 0 Å². The Labute approximate surface area is 166 Å². The Hall–Kier alpha value is -0.480. The second kappa shape index (κ2) is 11.3. The van der Waals surface area contributed by atoms with Crippen molar-refractivity contribution in [2.24, 2.45) is 5.92 Å². The fraction of sp³-hybridized carbons (Fsp3) is 0.700. The highest BCUT2D eigenvalue weighted by atomic mass is 35.5. The van der Waals surface area contributed by atoms with Crippen LogP contribution in [-0.2, 0) is 0 Å². The quantitative estimate of drug-likeness (QED) is 0.774. The highest BCUT2D eigenvalue weighted by Gasteiger charge is 2.31. The van der Waals surface area contributed by atoms with E-state index in [0.717, 1.165) is 32.1 Å². The normalized spacial score (nSPS) is 19.8. The minimum atomic E-state index is 0. The van der Waals surface area contributed by atoms with E-state index in [0.29, 0.717) is 6.04 Å². The molecule has 1 N–H and O–H groups in total. The summed E-state index contributed by atoms with van der Waals surface area (Å²) in [4.78, 5) is 5.16. The van der Waals surface area contributed by atoms with E-state index in [1.54, 1.807) is 0 Å². The average molecular weight is 388 g/mol. The van der Waals surface area contributed by atoms with Gasteiger partial charge in [-0.1, -0.05) is 25.0 Å². The van der Waals surface area contributed by atoms with E-state index in [2.05, 4.69) is 53.2 Å². The van der Waals surface area contributed by atoms with Crippen LogP contribution in [0, 0.1) is 5.92 Å². The summed E-state index contributed by atoms with van der Waals surface area (Å²) in [5, 5.41) is 3.50. The first-order valence-corrected chi connectivity index (χ1v) is 9.63. The SMILES string of the molecule is CCN(CC)c1ccc([C@@H](C2CCCC2)N2CCNCC2)cc1.Cl.Cl. The van der Waals surface area contributed by atoms with Gasteiger partial charge in [0.2, 0.25) is 0 Å². The largest absolute Gasteiger partial charge is 0.372 e. The number of hydrogen-bond acceptors (Lipinski definition) is 3. The molecule has 0 aromatic heterocycles. The highest BCUT2D eigenvalue weighted by molar-refractivity contribution is 5.85. The van der Waals surface area contributed by atoms with E-state index in [1.165, 1.54) is 50.0 Å². The molecule has 1 aliphatic heterocycles. The Balaban J connectivity index is 0.00000156. The van der Waals surface area contributed by atoms with Gasteiger partial charge >= 0.3 is 0 Å². The van der Waals surface area contributed by atoms with Crippen LogP contribution in [0.1, 0.15) is 51.1 Å². The van der Waals surface area contributed by atoms with Gasteiger partial charge in [-0.15, -0.1) is 24.8 Å². The molecule has 144 valence electrons. The van der Waals surface area contributed by atoms with Gasteiger partial charge in [-0.2, -0.15) is 0 Å². The van der Waals surface area contributed by atoms with E-state index >= 15 is 0 Å². The molecule has 1 saturated carbocycles. The molecule has 1 atom stereocenters. The molecule has 1 aromatic carbocycles. The van der Waals surface area contributed by atoms with Crippen molar-refractivity contribution in [3.8, 4) is 0 Å². The molecule has 1 saturated heterocycles. The van der Waals surface area contributed by atoms with E-state index < -0.39 is 0 Å². The summed E-state index contributed by atoms with van der Waals surface area (Å²) in [6, 6.07) is 10.1. The molecule has 0 spiro atoms. The summed E-state index contributed by atoms with van der Waals surface area (Å²) in [6.45, 7) is 11.3. The Morgan fingerprint density at radius 1 is 1.00 bits per heavy atom. The molecule has 3 nitrogen and oxygen atoms in total. The summed E-state index contributed by atoms with van der Waals surface area (Å²) >= 11 is 0. The maximum Gasteiger partial charge on any atom is 0.0377 e. The summed E-state index contributed by atoms with van der Waals surface area (Å²) in [5.41, 5.74) is 2.90. The van der Waals surface area contributed by atoms with E-state index in [9.17, 15) is 0 Å². The zero-order valence-electron chi connectivity index (χ0n) is 15.7. The molecule has 1 aliphatic carbocycles. The number of piperazine rings is 1. The predicted octanol–water partition coefficient (Wildman–Crippen LogP) is 4.51. The third kappa shape index (κ3) is 5.50. The number of hydrogen-bond donors (Lipinski definition) is 1. The van der Waals surface area contributed by atoms with Crippen LogP contribution < -0.4 is 10.2 Å². The van der Waals surface area contributed by atoms with Crippen LogP contribution in [0.5, 0.6) is 0 Å². The summed E-state index contributed by atoms with van der Waals surface area (Å²) < 4.78 is 0. The summed E-state index contributed by atoms with van der Waals surface area (Å²) in [7, 11) is 0. The lowest BCUT2D eigenvalue weighted by molar-refractivity contribution is 0.125. The average Bonchev–Trinajstić information content (AvgIpc) is 3.13. The van der Waals surface area contributed by atoms with Gasteiger partial charge < -0.3 is 10.2 Å². The van der Waals surface area contributed by atoms with Crippen molar-refractivity contribution in [3.05, 3.63) is 29.8 Å². The van der Waals surface area contributed by atoms with Crippen molar-refractivity contribution in [1.29, 1.82) is 0 Å². The van der Waals surface area contributed by atoms with Crippen molar-refractivity contribution >= 4 is 30.5 Å². The third-order valence-electron chi connectivity index (χ3n) is 5.75. The van der Waals surface area contributed by atoms with Crippen molar-refractivity contribution < 1.29 is 0 Å². The Morgan fingerprint density at radius 2 is 1.56 bits per heavy atom. The van der Waals surface area contributed by atoms with Crippen LogP contribution in [0.3, 0.4) is 0 Å². The number of benzene rings is 1. The molecule has 0 unspecified atom stereocenters. The lowest BCUT2D eigenvalue weighted by Crippen LogP contribution is -2.46. The van der Waals surface area contributed by atoms with Gasteiger partial charge in [-0.25, -0.2) is 0 Å². The molecule has 0 amide bonds. The number of nitrogens with one attached hydrogen (secondary N) is 1. The number of anilines is 1. The van der Waals surface area contributed by atoms with Crippen LogP contribution in [-0.4, -0.2) is 44.2 Å². The predicted molar refractivity (Wildman–Crippen MR) is 114 cm³/mol. The minimum Gasteiger partial charge on any atom is -0.372 e. The molecule has 25 heavy (non-hydrogen) atoms. The van der Waals surface area contributed by atoms with Crippen molar-refractivity contribution in [2.45, 2.75) is 45.6 Å². The second-order valence-electron chi connectivity index (χ2n) is 7.04. The highest BCUT2D eigenvalue weighted by Crippen LogP contribution is 2.40. The lowest BCUT2D eigenvalue weighted by atomic mass is 9.89. The zero-order chi connectivity index (χ0) is 16.1. The van der Waals surface area contributed by atoms with Crippen molar-refractivity contribution in [2.75, 3.05) is 44.2 Å². The van der Waals surface area contributed by atoms with Crippen molar-refractivity contribution in [3.63, 3.8) is 0 Å². The standard InChI is InChI=1S/C20H33N3.2ClH/c1-3-22(4-2)19-11-9-18(10-12-19)20(17-7-5-6-8-17)23-15-13-21-14-16-23;;/h9-12,17,20-21H,3-8,13-16H2,1-2H3;2*1H/t20-;;/m1../s1. The van der Waals surface area contributed by atoms with Gasteiger partial charge in [0.05, 0.1) is 0 Å². The Bertz CT molecular complexity index is 464. The molecule has 2 fully saturated rings. The second-order valence-corrected chi connectivity index (χ2v) is 7.04. The molecule has 3 rings (SSSR count). The molecule has 1 heterocycles. The molecule has 0 radical (unpaired) electrons. The van der Waals surface area contributed by atoms with Crippen LogP contribution >= 0.6 is 24.8 Å². The van der Waals surface area contributed by atoms with E-state index in [-0.39, 0.29) is 24.8 Å². The van der Waals surface area contributed by atoms with Gasteiger partial charge in [0.25, 0.3) is 0 Å². The van der Waals surface area contributed by atoms with Gasteiger partial charge in [-0.05, 0) is 50.3 Å². The first-order chi connectivity index (χ1) is 11.3. The Morgan fingerprint density at radius 3 is 2.08 bits per heavy atom. The minimum absolute atomic E-state index is 0. The van der Waals surface area contributed by atoms with Gasteiger partial charge in [0.1, 0.15) is 0 Å². The molecular weight excluding hydrogens is 353 g/mol. The number of nitrogens with zero attached hydrogens (tertiary/aromatic N) is 2. The molecule has 5 heteroatoms. The third-order valence-corrected chi connectivity index (χ3v) is 5.75. The van der Waals surface area contributed by atoms with Crippen molar-refractivity contribution in [1.82, 2.24) is 10.2 Å². The van der Waals surface area contributed by atoms with Crippen LogP contribution in [0.4, 0.5) is 5.69 Å². The maximum absolute atomic E-state index is 3.50. The molecule has 2 aliphatic rings. The van der Waals surface area contributed by atoms with Gasteiger partial charge in [-0.3, -0.25) is 4.90 Å². The molecule has 0 bridgehead atoms. The fourth-order valence-corrected chi connectivity index (χ4v) is 4.49. The first-order valence-electron chi connectivity index (χ1n) is 9.63. The Kier molecular flexibility index (Phi) is 10.2. The first kappa shape index (κ1) is 22.6. The van der Waals surface area contributed by atoms with E-state index in [1.807, 2.05) is 0 Å². The van der Waals surface area contributed by atoms with Gasteiger partial charge in [0, 0.05) is 51.0 Å². The summed E-state index contributed by atoms with van der Waals surface area (Å²) in [6.07, 6.45) is 5.66. The summed E-state index contributed by atoms with van der Waals surface area (Å²) in [5.74, 6) is 0.854. The zero-order valence-corrected chi connectivity index (χ0v) is 17.4. The maximum atomic E-state index is 3.50. The van der Waals surface area contributed by atoms with Gasteiger partial charge in [0.15, 0.2) is 0 Å². The number of rotatable bonds is 6. The molecule has 1 aromatic rings. The smallest absolute Gasteiger partial charge is 0.0377 e. The monoisotopic (exact) mass is 387 g/mol. The number of halogens is 2. The topological polar surface area (TPSA) is 18.5 Å².